The van der Waals surface area contributed by atoms with E-state index in [2.05, 4.69) is 39.0 Å². The van der Waals surface area contributed by atoms with E-state index in [1.807, 2.05) is 13.0 Å². The van der Waals surface area contributed by atoms with Gasteiger partial charge in [-0.1, -0.05) is 45.2 Å². The molecule has 0 aromatic carbocycles. The summed E-state index contributed by atoms with van der Waals surface area (Å²) in [6, 6.07) is 1.64. The summed E-state index contributed by atoms with van der Waals surface area (Å²) in [6.45, 7) is 7.82. The van der Waals surface area contributed by atoms with Crippen molar-refractivity contribution in [2.75, 3.05) is 31.7 Å². The number of ether oxygens (including phenoxy) is 2. The molecule has 1 saturated heterocycles. The highest BCUT2D eigenvalue weighted by molar-refractivity contribution is 6.30. The van der Waals surface area contributed by atoms with Crippen molar-refractivity contribution in [2.24, 2.45) is 5.92 Å². The molecule has 2 aromatic heterocycles. The number of aromatic nitrogens is 3. The lowest BCUT2D eigenvalue weighted by Crippen LogP contribution is -2.60. The van der Waals surface area contributed by atoms with Crippen molar-refractivity contribution in [3.05, 3.63) is 34.5 Å². The average Bonchev–Trinajstić information content (AvgIpc) is 3.47. The quantitative estimate of drug-likeness (QED) is 0.322. The number of imidazole rings is 1. The summed E-state index contributed by atoms with van der Waals surface area (Å²) >= 11 is 6.12. The van der Waals surface area contributed by atoms with E-state index in [-0.39, 0.29) is 35.8 Å². The van der Waals surface area contributed by atoms with Crippen molar-refractivity contribution in [2.45, 2.75) is 65.0 Å². The third-order valence-corrected chi connectivity index (χ3v) is 6.61. The molecule has 9 nitrogen and oxygen atoms in total. The molecule has 1 aliphatic heterocycles. The Kier molecular flexibility index (Phi) is 9.41. The zero-order valence-corrected chi connectivity index (χ0v) is 21.2. The van der Waals surface area contributed by atoms with Gasteiger partial charge in [-0.25, -0.2) is 9.78 Å². The van der Waals surface area contributed by atoms with Crippen molar-refractivity contribution < 1.29 is 19.1 Å². The van der Waals surface area contributed by atoms with Crippen molar-refractivity contribution in [1.82, 2.24) is 20.3 Å². The third-order valence-electron chi connectivity index (χ3n) is 6.30. The van der Waals surface area contributed by atoms with Crippen LogP contribution in [0.5, 0.6) is 0 Å². The monoisotopic (exact) mass is 493 g/mol. The number of halogens is 1. The molecule has 3 unspecified atom stereocenters. The van der Waals surface area contributed by atoms with Crippen LogP contribution in [0.1, 0.15) is 73.1 Å². The summed E-state index contributed by atoms with van der Waals surface area (Å²) in [5.74, 6) is 0.577. The number of aromatic amines is 2. The normalized spacial score (nSPS) is 20.4. The molecule has 3 atom stereocenters. The minimum Gasteiger partial charge on any atom is -0.462 e. The van der Waals surface area contributed by atoms with Gasteiger partial charge in [0.05, 0.1) is 30.0 Å². The molecule has 3 heterocycles. The van der Waals surface area contributed by atoms with Crippen LogP contribution in [0.2, 0.25) is 5.15 Å². The highest BCUT2D eigenvalue weighted by Crippen LogP contribution is 2.28. The Balaban J connectivity index is 1.72. The Hall–Kier alpha value is -2.52. The molecule has 0 saturated carbocycles. The largest absolute Gasteiger partial charge is 0.462 e. The fraction of sp³-hybridized carbons (Fsp3) is 0.625. The third kappa shape index (κ3) is 6.13. The van der Waals surface area contributed by atoms with Crippen LogP contribution in [-0.2, 0) is 15.9 Å². The maximum atomic E-state index is 13.0. The Morgan fingerprint density at radius 1 is 1.26 bits per heavy atom. The Bertz CT molecular complexity index is 959. The lowest BCUT2D eigenvalue weighted by Gasteiger charge is -2.44. The standard InChI is InChI=1S/C24H36ClN5O4/c1-5-8-10-34-24(32)16-11-19(26-12-16)30-13-15(9-6-2)20(18(14-30)33-4)28-23(31)22-27-17(7-3)21(25)29-22/h11-12,15,18,20,26H,5-10,13-14H2,1-4H3,(H,27,29)(H,28,31). The summed E-state index contributed by atoms with van der Waals surface area (Å²) in [4.78, 5) is 37.8. The second-order valence-corrected chi connectivity index (χ2v) is 9.06. The molecule has 0 bridgehead atoms. The number of nitrogens with zero attached hydrogens (tertiary/aromatic N) is 2. The van der Waals surface area contributed by atoms with Crippen LogP contribution >= 0.6 is 11.6 Å². The molecule has 0 spiro atoms. The van der Waals surface area contributed by atoms with Gasteiger partial charge in [-0.3, -0.25) is 4.79 Å². The molecule has 0 radical (unpaired) electrons. The van der Waals surface area contributed by atoms with Crippen LogP contribution in [0.4, 0.5) is 5.82 Å². The summed E-state index contributed by atoms with van der Waals surface area (Å²) in [5.41, 5.74) is 1.25. The summed E-state index contributed by atoms with van der Waals surface area (Å²) in [7, 11) is 1.65. The highest BCUT2D eigenvalue weighted by atomic mass is 35.5. The first-order valence-electron chi connectivity index (χ1n) is 12.1. The SMILES string of the molecule is CCCCOC(=O)c1c[nH]c(N2CC(CCC)C(NC(=O)c3nc(Cl)c(CC)[nH]3)C(OC)C2)c1. The molecule has 1 aliphatic rings. The topological polar surface area (TPSA) is 112 Å². The van der Waals surface area contributed by atoms with E-state index in [0.29, 0.717) is 36.8 Å². The number of carbonyl (C=O) groups excluding carboxylic acids is 2. The summed E-state index contributed by atoms with van der Waals surface area (Å²) in [5, 5.41) is 3.46. The van der Waals surface area contributed by atoms with Gasteiger partial charge < -0.3 is 29.7 Å². The van der Waals surface area contributed by atoms with Crippen molar-refractivity contribution >= 4 is 29.3 Å². The second kappa shape index (κ2) is 12.3. The van der Waals surface area contributed by atoms with E-state index in [1.165, 1.54) is 0 Å². The number of nitrogens with one attached hydrogen (secondary N) is 3. The van der Waals surface area contributed by atoms with Crippen LogP contribution in [0.25, 0.3) is 0 Å². The zero-order valence-electron chi connectivity index (χ0n) is 20.4. The minimum absolute atomic E-state index is 0.145. The zero-order chi connectivity index (χ0) is 24.7. The van der Waals surface area contributed by atoms with Crippen LogP contribution < -0.4 is 10.2 Å². The van der Waals surface area contributed by atoms with E-state index in [4.69, 9.17) is 21.1 Å². The van der Waals surface area contributed by atoms with Gasteiger partial charge >= 0.3 is 5.97 Å². The van der Waals surface area contributed by atoms with E-state index in [9.17, 15) is 9.59 Å². The Morgan fingerprint density at radius 2 is 2.06 bits per heavy atom. The van der Waals surface area contributed by atoms with Gasteiger partial charge in [-0.15, -0.1) is 0 Å². The predicted octanol–water partition coefficient (Wildman–Crippen LogP) is 3.96. The number of unbranched alkanes of at least 4 members (excludes halogenated alkanes) is 1. The number of amides is 1. The Labute approximate surface area is 205 Å². The molecule has 1 fully saturated rings. The van der Waals surface area contributed by atoms with Crippen LogP contribution in [0, 0.1) is 5.92 Å². The summed E-state index contributed by atoms with van der Waals surface area (Å²) in [6.07, 6.45) is 5.80. The van der Waals surface area contributed by atoms with E-state index < -0.39 is 0 Å². The van der Waals surface area contributed by atoms with Gasteiger partial charge in [-0.2, -0.15) is 0 Å². The number of rotatable bonds is 11. The maximum absolute atomic E-state index is 13.0. The second-order valence-electron chi connectivity index (χ2n) is 8.70. The molecule has 2 aromatic rings. The van der Waals surface area contributed by atoms with Gasteiger partial charge in [0.15, 0.2) is 11.0 Å². The van der Waals surface area contributed by atoms with Gasteiger partial charge in [-0.05, 0) is 31.2 Å². The lowest BCUT2D eigenvalue weighted by atomic mass is 9.86. The molecule has 1 amide bonds. The van der Waals surface area contributed by atoms with E-state index in [1.54, 1.807) is 13.3 Å². The number of hydrogen-bond acceptors (Lipinski definition) is 6. The first-order chi connectivity index (χ1) is 16.4. The molecule has 188 valence electrons. The number of H-pyrrole nitrogens is 2. The van der Waals surface area contributed by atoms with E-state index >= 15 is 0 Å². The maximum Gasteiger partial charge on any atom is 0.339 e. The molecule has 3 rings (SSSR count). The van der Waals surface area contributed by atoms with Gasteiger partial charge in [0.25, 0.3) is 5.91 Å². The first kappa shape index (κ1) is 26.1. The fourth-order valence-electron chi connectivity index (χ4n) is 4.40. The lowest BCUT2D eigenvalue weighted by molar-refractivity contribution is 0.0329. The number of hydrogen-bond donors (Lipinski definition) is 3. The Morgan fingerprint density at radius 3 is 2.71 bits per heavy atom. The molecule has 0 aliphatic carbocycles. The van der Waals surface area contributed by atoms with Crippen molar-refractivity contribution in [3.63, 3.8) is 0 Å². The average molecular weight is 494 g/mol. The fourth-order valence-corrected chi connectivity index (χ4v) is 4.67. The number of anilines is 1. The van der Waals surface area contributed by atoms with Gasteiger partial charge in [0.2, 0.25) is 0 Å². The molecular formula is C24H36ClN5O4. The van der Waals surface area contributed by atoms with Gasteiger partial charge in [0, 0.05) is 26.4 Å². The van der Waals surface area contributed by atoms with E-state index in [0.717, 1.165) is 37.2 Å². The van der Waals surface area contributed by atoms with Crippen LogP contribution in [-0.4, -0.2) is 65.8 Å². The number of methoxy groups -OCH3 is 1. The van der Waals surface area contributed by atoms with Crippen LogP contribution in [0.3, 0.4) is 0 Å². The number of piperidine rings is 1. The van der Waals surface area contributed by atoms with Crippen molar-refractivity contribution in [3.8, 4) is 0 Å². The molecule has 34 heavy (non-hydrogen) atoms. The van der Waals surface area contributed by atoms with Crippen molar-refractivity contribution in [1.29, 1.82) is 0 Å². The molecule has 3 N–H and O–H groups in total. The summed E-state index contributed by atoms with van der Waals surface area (Å²) < 4.78 is 11.1. The number of aryl methyl sites for hydroxylation is 1. The number of carbonyl (C=O) groups is 2. The highest BCUT2D eigenvalue weighted by Gasteiger charge is 2.38. The number of esters is 1. The van der Waals surface area contributed by atoms with Crippen LogP contribution in [0.15, 0.2) is 12.3 Å². The first-order valence-corrected chi connectivity index (χ1v) is 12.5. The smallest absolute Gasteiger partial charge is 0.339 e. The minimum atomic E-state index is -0.324. The predicted molar refractivity (Wildman–Crippen MR) is 132 cm³/mol. The molecule has 10 heteroatoms. The molecular weight excluding hydrogens is 458 g/mol. The van der Waals surface area contributed by atoms with Gasteiger partial charge in [0.1, 0.15) is 5.82 Å².